The van der Waals surface area contributed by atoms with Crippen LogP contribution in [-0.4, -0.2) is 29.2 Å². The molecule has 2 rings (SSSR count). The average Bonchev–Trinajstić information content (AvgIpc) is 2.47. The van der Waals surface area contributed by atoms with Crippen LogP contribution < -0.4 is 0 Å². The molecule has 0 aromatic rings. The zero-order valence-electron chi connectivity index (χ0n) is 14.8. The molecule has 2 aliphatic carbocycles. The summed E-state index contributed by atoms with van der Waals surface area (Å²) in [6.07, 6.45) is 7.63. The summed E-state index contributed by atoms with van der Waals surface area (Å²) < 4.78 is 0. The first kappa shape index (κ1) is 18.4. The molecule has 0 unspecified atom stereocenters. The molecule has 3 heteroatoms. The molecule has 0 amide bonds. The van der Waals surface area contributed by atoms with Gasteiger partial charge in [-0.05, 0) is 54.8 Å². The van der Waals surface area contributed by atoms with Crippen molar-refractivity contribution in [3.8, 4) is 0 Å². The molecule has 2 saturated carbocycles. The highest BCUT2D eigenvalue weighted by molar-refractivity contribution is 5.74. The molecule has 0 bridgehead atoms. The van der Waals surface area contributed by atoms with Gasteiger partial charge in [0.15, 0.2) is 0 Å². The summed E-state index contributed by atoms with van der Waals surface area (Å²) in [7, 11) is 0. The van der Waals surface area contributed by atoms with Gasteiger partial charge in [-0.3, -0.25) is 4.79 Å². The molecule has 23 heavy (non-hydrogen) atoms. The van der Waals surface area contributed by atoms with Gasteiger partial charge in [0.1, 0.15) is 6.29 Å². The fourth-order valence-corrected chi connectivity index (χ4v) is 5.44. The maximum absolute atomic E-state index is 11.2. The van der Waals surface area contributed by atoms with Crippen molar-refractivity contribution < 1.29 is 15.0 Å². The summed E-state index contributed by atoms with van der Waals surface area (Å²) in [5.41, 5.74) is 1.98. The van der Waals surface area contributed by atoms with Gasteiger partial charge < -0.3 is 10.2 Å². The van der Waals surface area contributed by atoms with E-state index in [4.69, 9.17) is 5.11 Å². The summed E-state index contributed by atoms with van der Waals surface area (Å²) in [4.78, 5) is 11.2. The van der Waals surface area contributed by atoms with E-state index in [1.807, 2.05) is 0 Å². The van der Waals surface area contributed by atoms with Crippen LogP contribution in [0.5, 0.6) is 0 Å². The zero-order valence-corrected chi connectivity index (χ0v) is 14.8. The zero-order chi connectivity index (χ0) is 17.3. The van der Waals surface area contributed by atoms with Crippen LogP contribution in [0, 0.1) is 22.7 Å². The van der Waals surface area contributed by atoms with Crippen LogP contribution >= 0.6 is 0 Å². The number of rotatable bonds is 5. The Morgan fingerprint density at radius 1 is 1.39 bits per heavy atom. The molecule has 0 aromatic carbocycles. The number of hydrogen-bond acceptors (Lipinski definition) is 3. The maximum atomic E-state index is 11.2. The lowest BCUT2D eigenvalue weighted by Gasteiger charge is -2.58. The van der Waals surface area contributed by atoms with Gasteiger partial charge in [0.2, 0.25) is 0 Å². The number of aliphatic hydroxyl groups is 2. The lowest BCUT2D eigenvalue weighted by molar-refractivity contribution is -0.106. The van der Waals surface area contributed by atoms with Crippen molar-refractivity contribution in [1.82, 2.24) is 0 Å². The minimum absolute atomic E-state index is 0.144. The Labute approximate surface area is 140 Å². The van der Waals surface area contributed by atoms with Crippen LogP contribution in [-0.2, 0) is 4.79 Å². The van der Waals surface area contributed by atoms with E-state index in [1.54, 1.807) is 0 Å². The normalized spacial score (nSPS) is 35.5. The van der Waals surface area contributed by atoms with Crippen molar-refractivity contribution in [3.05, 3.63) is 23.8 Å². The molecule has 2 aliphatic rings. The molecule has 2 N–H and O–H groups in total. The Bertz CT molecular complexity index is 491. The number of fused-ring (bicyclic) bond motifs is 1. The molecule has 130 valence electrons. The number of hydrogen-bond donors (Lipinski definition) is 2. The minimum Gasteiger partial charge on any atom is -0.392 e. The van der Waals surface area contributed by atoms with Gasteiger partial charge in [-0.2, -0.15) is 0 Å². The van der Waals surface area contributed by atoms with E-state index in [0.29, 0.717) is 29.6 Å². The second kappa shape index (κ2) is 6.90. The largest absolute Gasteiger partial charge is 0.392 e. The van der Waals surface area contributed by atoms with Crippen LogP contribution in [0.15, 0.2) is 23.8 Å². The summed E-state index contributed by atoms with van der Waals surface area (Å²) in [6.45, 7) is 11.2. The Balaban J connectivity index is 2.26. The summed E-state index contributed by atoms with van der Waals surface area (Å²) >= 11 is 0. The molecular weight excluding hydrogens is 288 g/mol. The third-order valence-electron chi connectivity index (χ3n) is 6.63. The Morgan fingerprint density at radius 3 is 2.70 bits per heavy atom. The van der Waals surface area contributed by atoms with E-state index in [-0.39, 0.29) is 17.9 Å². The average molecular weight is 320 g/mol. The number of allylic oxidation sites excluding steroid dienone is 1. The topological polar surface area (TPSA) is 57.5 Å². The molecule has 0 radical (unpaired) electrons. The molecule has 0 spiro atoms. The highest BCUT2D eigenvalue weighted by atomic mass is 16.3. The SMILES string of the molecule is C=C1CC[C@H]2C(C)(C)CCC[C@]2(C)[C@H]1C[C@@H](O)/C(C=O)=C\CO. The smallest absolute Gasteiger partial charge is 0.148 e. The van der Waals surface area contributed by atoms with Crippen LogP contribution in [0.4, 0.5) is 0 Å². The van der Waals surface area contributed by atoms with Gasteiger partial charge in [0.05, 0.1) is 12.7 Å². The second-order valence-electron chi connectivity index (χ2n) is 8.41. The highest BCUT2D eigenvalue weighted by Crippen LogP contribution is 2.61. The fourth-order valence-electron chi connectivity index (χ4n) is 5.44. The predicted molar refractivity (Wildman–Crippen MR) is 92.9 cm³/mol. The second-order valence-corrected chi connectivity index (χ2v) is 8.41. The van der Waals surface area contributed by atoms with Crippen LogP contribution in [0.2, 0.25) is 0 Å². The summed E-state index contributed by atoms with van der Waals surface area (Å²) in [6, 6.07) is 0. The van der Waals surface area contributed by atoms with Crippen molar-refractivity contribution in [2.45, 2.75) is 65.4 Å². The van der Waals surface area contributed by atoms with Gasteiger partial charge in [-0.25, -0.2) is 0 Å². The van der Waals surface area contributed by atoms with Gasteiger partial charge in [-0.1, -0.05) is 45.4 Å². The molecule has 0 aliphatic heterocycles. The van der Waals surface area contributed by atoms with Gasteiger partial charge >= 0.3 is 0 Å². The summed E-state index contributed by atoms with van der Waals surface area (Å²) in [5, 5.41) is 19.5. The quantitative estimate of drug-likeness (QED) is 0.462. The van der Waals surface area contributed by atoms with Crippen molar-refractivity contribution in [2.24, 2.45) is 22.7 Å². The van der Waals surface area contributed by atoms with E-state index in [2.05, 4.69) is 27.4 Å². The number of aldehydes is 1. The van der Waals surface area contributed by atoms with E-state index in [0.717, 1.165) is 12.8 Å². The van der Waals surface area contributed by atoms with Crippen LogP contribution in [0.25, 0.3) is 0 Å². The first-order chi connectivity index (χ1) is 10.8. The maximum Gasteiger partial charge on any atom is 0.148 e. The lowest BCUT2D eigenvalue weighted by atomic mass is 9.47. The van der Waals surface area contributed by atoms with Crippen molar-refractivity contribution in [3.63, 3.8) is 0 Å². The van der Waals surface area contributed by atoms with E-state index in [9.17, 15) is 9.90 Å². The highest BCUT2D eigenvalue weighted by Gasteiger charge is 2.53. The van der Waals surface area contributed by atoms with Crippen molar-refractivity contribution >= 4 is 6.29 Å². The molecule has 2 fully saturated rings. The van der Waals surface area contributed by atoms with Gasteiger partial charge in [-0.15, -0.1) is 0 Å². The lowest BCUT2D eigenvalue weighted by Crippen LogP contribution is -2.50. The Hall–Kier alpha value is -0.930. The third kappa shape index (κ3) is 3.46. The minimum atomic E-state index is -0.818. The van der Waals surface area contributed by atoms with E-state index >= 15 is 0 Å². The van der Waals surface area contributed by atoms with Crippen molar-refractivity contribution in [2.75, 3.05) is 6.61 Å². The summed E-state index contributed by atoms with van der Waals surface area (Å²) in [5.74, 6) is 0.867. The van der Waals surface area contributed by atoms with Crippen LogP contribution in [0.1, 0.15) is 59.3 Å². The van der Waals surface area contributed by atoms with Crippen molar-refractivity contribution in [1.29, 1.82) is 0 Å². The molecule has 0 heterocycles. The number of carbonyl (C=O) groups excluding carboxylic acids is 1. The van der Waals surface area contributed by atoms with Crippen LogP contribution in [0.3, 0.4) is 0 Å². The Kier molecular flexibility index (Phi) is 5.52. The predicted octanol–water partition coefficient (Wildman–Crippen LogP) is 3.65. The van der Waals surface area contributed by atoms with Gasteiger partial charge in [0.25, 0.3) is 0 Å². The molecular formula is C20H32O3. The molecule has 0 aromatic heterocycles. The Morgan fingerprint density at radius 2 is 2.09 bits per heavy atom. The molecule has 3 nitrogen and oxygen atoms in total. The molecule has 0 saturated heterocycles. The molecule has 4 atom stereocenters. The van der Waals surface area contributed by atoms with E-state index < -0.39 is 6.10 Å². The van der Waals surface area contributed by atoms with E-state index in [1.165, 1.54) is 30.9 Å². The number of carbonyl (C=O) groups is 1. The fraction of sp³-hybridized carbons (Fsp3) is 0.750. The first-order valence-corrected chi connectivity index (χ1v) is 8.88. The third-order valence-corrected chi connectivity index (χ3v) is 6.63. The standard InChI is InChI=1S/C20H32O3/c1-14-6-7-18-19(2,3)9-5-10-20(18,4)16(14)12-17(23)15(13-22)8-11-21/h8,13,16-18,21,23H,1,5-7,9-12H2,2-4H3/b15-8-/t16-,17+,18-,20+/m0/s1. The monoisotopic (exact) mass is 320 g/mol. The van der Waals surface area contributed by atoms with Gasteiger partial charge in [0, 0.05) is 5.57 Å². The number of aliphatic hydroxyl groups excluding tert-OH is 2. The first-order valence-electron chi connectivity index (χ1n) is 8.88.